The summed E-state index contributed by atoms with van der Waals surface area (Å²) in [4.78, 5) is 16.0. The van der Waals surface area contributed by atoms with E-state index in [-0.39, 0.29) is 16.8 Å². The van der Waals surface area contributed by atoms with Crippen LogP contribution < -0.4 is 22.1 Å². The van der Waals surface area contributed by atoms with Gasteiger partial charge in [0.1, 0.15) is 0 Å². The molecule has 0 heterocycles. The molecule has 0 saturated heterocycles. The van der Waals surface area contributed by atoms with E-state index in [2.05, 4.69) is 10.6 Å². The van der Waals surface area contributed by atoms with Crippen LogP contribution in [0.5, 0.6) is 0 Å². The molecular weight excluding hydrogens is 303 g/mol. The van der Waals surface area contributed by atoms with Crippen LogP contribution in [0.2, 0.25) is 0 Å². The molecule has 0 aliphatic carbocycles. The zero-order chi connectivity index (χ0) is 14.5. The third kappa shape index (κ3) is 59.3. The molecule has 0 aliphatic rings. The maximum atomic E-state index is 8.00. The van der Waals surface area contributed by atoms with E-state index in [0.717, 1.165) is 62.8 Å². The summed E-state index contributed by atoms with van der Waals surface area (Å²) < 4.78 is 0. The molecule has 0 aromatic heterocycles. The van der Waals surface area contributed by atoms with Crippen molar-refractivity contribution < 1.29 is 16.8 Å². The maximum absolute atomic E-state index is 8.00. The first kappa shape index (κ1) is 26.7. The summed E-state index contributed by atoms with van der Waals surface area (Å²) in [5, 5.41) is 24.6. The molecule has 19 heavy (non-hydrogen) atoms. The minimum Gasteiger partial charge on any atom is -0.444 e. The van der Waals surface area contributed by atoms with E-state index >= 15 is 0 Å². The van der Waals surface area contributed by atoms with Gasteiger partial charge >= 0.3 is 0 Å². The van der Waals surface area contributed by atoms with E-state index in [1.54, 1.807) is 0 Å². The molecule has 0 aromatic rings. The second kappa shape index (κ2) is 36.0. The monoisotopic (exact) mass is 325 g/mol. The minimum atomic E-state index is 0. The van der Waals surface area contributed by atoms with Gasteiger partial charge in [-0.05, 0) is 39.0 Å². The standard InChI is InChI=1S/C8H22N4.Co.2HNO2/c9-3-1-5-11-7-8-12-6-2-4-10;;2*2-1-3/h11-12H,1-10H2;;2*(H,2,3)/p-2. The number of nitrogens with zero attached hydrogens (tertiary/aromatic N) is 2. The van der Waals surface area contributed by atoms with Gasteiger partial charge in [-0.1, -0.05) is 0 Å². The van der Waals surface area contributed by atoms with E-state index in [1.165, 1.54) is 0 Å². The SMILES string of the molecule is NCCCNCCNCCCN.O=N[O-].O=N[O-].[Co]. The number of hydrogen-bond acceptors (Lipinski definition) is 10. The van der Waals surface area contributed by atoms with E-state index in [1.807, 2.05) is 0 Å². The molecule has 10 nitrogen and oxygen atoms in total. The average Bonchev–Trinajstić information content (AvgIpc) is 2.35. The van der Waals surface area contributed by atoms with Gasteiger partial charge in [-0.3, -0.25) is 0 Å². The summed E-state index contributed by atoms with van der Waals surface area (Å²) >= 11 is 0. The van der Waals surface area contributed by atoms with Crippen LogP contribution in [0, 0.1) is 20.2 Å². The Hall–Kier alpha value is -0.854. The Balaban J connectivity index is -0.000000137. The fraction of sp³-hybridized carbons (Fsp3) is 1.00. The molecule has 0 fully saturated rings. The van der Waals surface area contributed by atoms with Crippen molar-refractivity contribution >= 4 is 0 Å². The molecule has 119 valence electrons. The largest absolute Gasteiger partial charge is 0.444 e. The van der Waals surface area contributed by atoms with Gasteiger partial charge in [-0.2, -0.15) is 0 Å². The van der Waals surface area contributed by atoms with Crippen LogP contribution in [0.1, 0.15) is 12.8 Å². The van der Waals surface area contributed by atoms with E-state index in [0.29, 0.717) is 0 Å². The second-order valence-electron chi connectivity index (χ2n) is 2.93. The fourth-order valence-electron chi connectivity index (χ4n) is 0.881. The third-order valence-electron chi connectivity index (χ3n) is 1.59. The smallest absolute Gasteiger partial charge is 0.00767 e. The van der Waals surface area contributed by atoms with Crippen molar-refractivity contribution in [3.63, 3.8) is 0 Å². The van der Waals surface area contributed by atoms with Crippen molar-refractivity contribution in [1.29, 1.82) is 0 Å². The Morgan fingerprint density at radius 2 is 1.05 bits per heavy atom. The predicted octanol–water partition coefficient (Wildman–Crippen LogP) is -0.638. The first-order chi connectivity index (χ1) is 8.74. The topological polar surface area (TPSA) is 181 Å². The van der Waals surface area contributed by atoms with E-state index < -0.39 is 0 Å². The van der Waals surface area contributed by atoms with Crippen LogP contribution in [0.4, 0.5) is 0 Å². The average molecular weight is 325 g/mol. The Morgan fingerprint density at radius 1 is 0.789 bits per heavy atom. The van der Waals surface area contributed by atoms with E-state index in [9.17, 15) is 0 Å². The first-order valence-corrected chi connectivity index (χ1v) is 5.46. The van der Waals surface area contributed by atoms with Crippen molar-refractivity contribution in [3.8, 4) is 0 Å². The minimum absolute atomic E-state index is 0. The molecule has 1 radical (unpaired) electrons. The maximum Gasteiger partial charge on any atom is 0.00767 e. The van der Waals surface area contributed by atoms with E-state index in [4.69, 9.17) is 31.7 Å². The first-order valence-electron chi connectivity index (χ1n) is 5.46. The van der Waals surface area contributed by atoms with Gasteiger partial charge < -0.3 is 42.3 Å². The van der Waals surface area contributed by atoms with Crippen molar-refractivity contribution in [1.82, 2.24) is 10.6 Å². The Morgan fingerprint density at radius 3 is 1.26 bits per heavy atom. The van der Waals surface area contributed by atoms with Crippen molar-refractivity contribution in [3.05, 3.63) is 20.2 Å². The second-order valence-corrected chi connectivity index (χ2v) is 2.93. The number of hydrogen-bond donors (Lipinski definition) is 4. The Labute approximate surface area is 122 Å². The summed E-state index contributed by atoms with van der Waals surface area (Å²) in [5.41, 5.74) is 10.7. The predicted molar refractivity (Wildman–Crippen MR) is 71.4 cm³/mol. The molecule has 11 heteroatoms. The summed E-state index contributed by atoms with van der Waals surface area (Å²) in [6.45, 7) is 5.63. The van der Waals surface area contributed by atoms with Gasteiger partial charge in [0, 0.05) is 29.9 Å². The zero-order valence-electron chi connectivity index (χ0n) is 10.7. The van der Waals surface area contributed by atoms with Crippen LogP contribution in [0.25, 0.3) is 0 Å². The third-order valence-corrected chi connectivity index (χ3v) is 1.59. The van der Waals surface area contributed by atoms with Gasteiger partial charge in [0.15, 0.2) is 0 Å². The fourth-order valence-corrected chi connectivity index (χ4v) is 0.881. The summed E-state index contributed by atoms with van der Waals surface area (Å²) in [5.74, 6) is 0. The van der Waals surface area contributed by atoms with Crippen LogP contribution >= 0.6 is 0 Å². The molecule has 0 rings (SSSR count). The van der Waals surface area contributed by atoms with Gasteiger partial charge in [0.25, 0.3) is 0 Å². The molecule has 0 amide bonds. The quantitative estimate of drug-likeness (QED) is 0.245. The molecular formula is C8H22CoN6O4-2. The summed E-state index contributed by atoms with van der Waals surface area (Å²) in [6.07, 6.45) is 2.12. The van der Waals surface area contributed by atoms with Crippen LogP contribution in [-0.4, -0.2) is 39.3 Å². The Kier molecular flexibility index (Phi) is 50.5. The van der Waals surface area contributed by atoms with Crippen molar-refractivity contribution in [2.45, 2.75) is 12.8 Å². The summed E-state index contributed by atoms with van der Waals surface area (Å²) in [7, 11) is 0. The Bertz CT molecular complexity index is 141. The van der Waals surface area contributed by atoms with Crippen LogP contribution in [-0.2, 0) is 16.8 Å². The molecule has 6 N–H and O–H groups in total. The molecule has 0 unspecified atom stereocenters. The molecule has 0 aromatic carbocycles. The van der Waals surface area contributed by atoms with Gasteiger partial charge in [-0.25, -0.2) is 0 Å². The number of rotatable bonds is 9. The molecule has 0 saturated carbocycles. The van der Waals surface area contributed by atoms with Gasteiger partial charge in [0.2, 0.25) is 0 Å². The number of nitrogens with one attached hydrogen (secondary N) is 2. The van der Waals surface area contributed by atoms with Crippen LogP contribution in [0.3, 0.4) is 0 Å². The van der Waals surface area contributed by atoms with Crippen molar-refractivity contribution in [2.75, 3.05) is 39.3 Å². The molecule has 0 atom stereocenters. The van der Waals surface area contributed by atoms with Gasteiger partial charge in [0.05, 0.1) is 0 Å². The van der Waals surface area contributed by atoms with Gasteiger partial charge in [-0.15, -0.1) is 10.7 Å². The summed E-state index contributed by atoms with van der Waals surface area (Å²) in [6, 6.07) is 0. The van der Waals surface area contributed by atoms with Crippen LogP contribution in [0.15, 0.2) is 10.7 Å². The van der Waals surface area contributed by atoms with Crippen molar-refractivity contribution in [2.24, 2.45) is 22.1 Å². The molecule has 0 aliphatic heterocycles. The molecule has 0 bridgehead atoms. The normalized spacial score (nSPS) is 7.89. The molecule has 0 spiro atoms. The zero-order valence-corrected chi connectivity index (χ0v) is 11.7. The number of nitrogens with two attached hydrogens (primary N) is 2.